The largest absolute Gasteiger partial charge is 0.368 e. The highest BCUT2D eigenvalue weighted by molar-refractivity contribution is 5.81. The summed E-state index contributed by atoms with van der Waals surface area (Å²) in [7, 11) is 0. The number of likely N-dealkylation sites (tertiary alicyclic amines) is 1. The van der Waals surface area contributed by atoms with Gasteiger partial charge in [0.15, 0.2) is 0 Å². The van der Waals surface area contributed by atoms with Crippen molar-refractivity contribution in [3.63, 3.8) is 0 Å². The van der Waals surface area contributed by atoms with Crippen LogP contribution in [0.2, 0.25) is 0 Å². The highest BCUT2D eigenvalue weighted by Gasteiger charge is 2.31. The fraction of sp³-hybridized carbons (Fsp3) is 0.833. The first-order chi connectivity index (χ1) is 11.8. The second kappa shape index (κ2) is 7.21. The van der Waals surface area contributed by atoms with Gasteiger partial charge in [-0.2, -0.15) is 0 Å². The zero-order valence-electron chi connectivity index (χ0n) is 14.4. The van der Waals surface area contributed by atoms with E-state index >= 15 is 0 Å². The summed E-state index contributed by atoms with van der Waals surface area (Å²) in [6.07, 6.45) is 12.1. The standard InChI is InChI=1S/C18H28N4O2/c23-18(17-7-3-4-12-24-17)21-10-8-15(9-11-21)22-13-16(19-20-22)14-5-1-2-6-14/h13-15,17H,1-12H2/t17-/m0/s1. The van der Waals surface area contributed by atoms with Crippen molar-refractivity contribution in [3.8, 4) is 0 Å². The third-order valence-corrected chi connectivity index (χ3v) is 5.91. The first kappa shape index (κ1) is 16.1. The molecule has 2 aliphatic heterocycles. The van der Waals surface area contributed by atoms with Crippen molar-refractivity contribution >= 4 is 5.91 Å². The van der Waals surface area contributed by atoms with Crippen molar-refractivity contribution in [1.29, 1.82) is 0 Å². The van der Waals surface area contributed by atoms with E-state index in [1.54, 1.807) is 0 Å². The monoisotopic (exact) mass is 332 g/mol. The molecule has 0 unspecified atom stereocenters. The Balaban J connectivity index is 1.31. The van der Waals surface area contributed by atoms with E-state index in [-0.39, 0.29) is 12.0 Å². The molecule has 0 bridgehead atoms. The molecule has 1 amide bonds. The Labute approximate surface area is 143 Å². The third-order valence-electron chi connectivity index (χ3n) is 5.91. The van der Waals surface area contributed by atoms with Crippen LogP contribution >= 0.6 is 0 Å². The van der Waals surface area contributed by atoms with E-state index in [4.69, 9.17) is 4.74 Å². The van der Waals surface area contributed by atoms with Gasteiger partial charge in [0.25, 0.3) is 5.91 Å². The lowest BCUT2D eigenvalue weighted by molar-refractivity contribution is -0.147. The van der Waals surface area contributed by atoms with Gasteiger partial charge in [-0.1, -0.05) is 18.1 Å². The topological polar surface area (TPSA) is 60.2 Å². The summed E-state index contributed by atoms with van der Waals surface area (Å²) in [5.74, 6) is 0.808. The molecule has 6 nitrogen and oxygen atoms in total. The number of hydrogen-bond donors (Lipinski definition) is 0. The lowest BCUT2D eigenvalue weighted by Gasteiger charge is -2.34. The van der Waals surface area contributed by atoms with E-state index in [1.165, 1.54) is 31.4 Å². The summed E-state index contributed by atoms with van der Waals surface area (Å²) in [4.78, 5) is 14.5. The van der Waals surface area contributed by atoms with E-state index < -0.39 is 0 Å². The van der Waals surface area contributed by atoms with E-state index in [2.05, 4.69) is 16.5 Å². The number of hydrogen-bond acceptors (Lipinski definition) is 4. The van der Waals surface area contributed by atoms with Crippen LogP contribution in [0.15, 0.2) is 6.20 Å². The van der Waals surface area contributed by atoms with Gasteiger partial charge in [-0.3, -0.25) is 4.79 Å². The Morgan fingerprint density at radius 1 is 1.04 bits per heavy atom. The maximum atomic E-state index is 12.5. The minimum Gasteiger partial charge on any atom is -0.368 e. The van der Waals surface area contributed by atoms with Crippen LogP contribution in [0.1, 0.15) is 75.4 Å². The molecule has 0 N–H and O–H groups in total. The van der Waals surface area contributed by atoms with Crippen LogP contribution in [0, 0.1) is 0 Å². The molecule has 4 rings (SSSR count). The first-order valence-electron chi connectivity index (χ1n) is 9.63. The molecular weight excluding hydrogens is 304 g/mol. The maximum Gasteiger partial charge on any atom is 0.251 e. The second-order valence-electron chi connectivity index (χ2n) is 7.52. The van der Waals surface area contributed by atoms with E-state index in [1.807, 2.05) is 9.58 Å². The average Bonchev–Trinajstić information content (AvgIpc) is 3.33. The van der Waals surface area contributed by atoms with Crippen LogP contribution in [0.4, 0.5) is 0 Å². The Morgan fingerprint density at radius 3 is 2.50 bits per heavy atom. The molecule has 6 heteroatoms. The van der Waals surface area contributed by atoms with Gasteiger partial charge in [-0.25, -0.2) is 4.68 Å². The van der Waals surface area contributed by atoms with Gasteiger partial charge < -0.3 is 9.64 Å². The smallest absolute Gasteiger partial charge is 0.251 e. The van der Waals surface area contributed by atoms with Gasteiger partial charge in [0.2, 0.25) is 0 Å². The molecule has 1 saturated carbocycles. The molecular formula is C18H28N4O2. The molecule has 3 aliphatic rings. The van der Waals surface area contributed by atoms with Crippen molar-refractivity contribution in [2.75, 3.05) is 19.7 Å². The Bertz CT molecular complexity index is 553. The lowest BCUT2D eigenvalue weighted by Crippen LogP contribution is -2.46. The van der Waals surface area contributed by atoms with Gasteiger partial charge in [0, 0.05) is 31.8 Å². The molecule has 1 atom stereocenters. The number of amides is 1. The maximum absolute atomic E-state index is 12.5. The number of rotatable bonds is 3. The number of ether oxygens (including phenoxy) is 1. The quantitative estimate of drug-likeness (QED) is 0.854. The molecule has 3 heterocycles. The summed E-state index contributed by atoms with van der Waals surface area (Å²) in [6, 6.07) is 0.379. The molecule has 1 aromatic heterocycles. The van der Waals surface area contributed by atoms with E-state index in [0.29, 0.717) is 12.0 Å². The molecule has 1 aliphatic carbocycles. The van der Waals surface area contributed by atoms with Crippen LogP contribution in [0.25, 0.3) is 0 Å². The van der Waals surface area contributed by atoms with Crippen molar-refractivity contribution in [3.05, 3.63) is 11.9 Å². The van der Waals surface area contributed by atoms with Gasteiger partial charge in [-0.15, -0.1) is 5.10 Å². The molecule has 0 aromatic carbocycles. The number of nitrogens with zero attached hydrogens (tertiary/aromatic N) is 4. The Kier molecular flexibility index (Phi) is 4.83. The summed E-state index contributed by atoms with van der Waals surface area (Å²) in [5.41, 5.74) is 1.17. The van der Waals surface area contributed by atoms with Gasteiger partial charge in [-0.05, 0) is 44.9 Å². The zero-order valence-corrected chi connectivity index (χ0v) is 14.4. The van der Waals surface area contributed by atoms with Crippen LogP contribution in [-0.2, 0) is 9.53 Å². The van der Waals surface area contributed by atoms with Gasteiger partial charge in [0.1, 0.15) is 6.10 Å². The van der Waals surface area contributed by atoms with Crippen molar-refractivity contribution < 1.29 is 9.53 Å². The SMILES string of the molecule is O=C([C@@H]1CCCCO1)N1CCC(n2cc(C3CCCC3)nn2)CC1. The van der Waals surface area contributed by atoms with Crippen molar-refractivity contribution in [2.45, 2.75) is 75.9 Å². The first-order valence-corrected chi connectivity index (χ1v) is 9.63. The second-order valence-corrected chi connectivity index (χ2v) is 7.52. The van der Waals surface area contributed by atoms with Crippen LogP contribution < -0.4 is 0 Å². The summed E-state index contributed by atoms with van der Waals surface area (Å²) < 4.78 is 7.69. The minimum atomic E-state index is -0.198. The number of aromatic nitrogens is 3. The molecule has 0 radical (unpaired) electrons. The number of carbonyl (C=O) groups excluding carboxylic acids is 1. The lowest BCUT2D eigenvalue weighted by atomic mass is 10.0. The summed E-state index contributed by atoms with van der Waals surface area (Å²) in [6.45, 7) is 2.35. The molecule has 0 spiro atoms. The molecule has 3 fully saturated rings. The highest BCUT2D eigenvalue weighted by Crippen LogP contribution is 2.33. The fourth-order valence-corrected chi connectivity index (χ4v) is 4.37. The highest BCUT2D eigenvalue weighted by atomic mass is 16.5. The molecule has 24 heavy (non-hydrogen) atoms. The van der Waals surface area contributed by atoms with Crippen LogP contribution in [-0.4, -0.2) is 51.6 Å². The fourth-order valence-electron chi connectivity index (χ4n) is 4.37. The normalized spacial score (nSPS) is 26.8. The summed E-state index contributed by atoms with van der Waals surface area (Å²) >= 11 is 0. The van der Waals surface area contributed by atoms with Crippen molar-refractivity contribution in [1.82, 2.24) is 19.9 Å². The zero-order chi connectivity index (χ0) is 16.4. The Morgan fingerprint density at radius 2 is 1.79 bits per heavy atom. The Hall–Kier alpha value is -1.43. The van der Waals surface area contributed by atoms with Crippen LogP contribution in [0.3, 0.4) is 0 Å². The van der Waals surface area contributed by atoms with Gasteiger partial charge >= 0.3 is 0 Å². The molecule has 2 saturated heterocycles. The van der Waals surface area contributed by atoms with Crippen LogP contribution in [0.5, 0.6) is 0 Å². The third kappa shape index (κ3) is 3.34. The van der Waals surface area contributed by atoms with E-state index in [9.17, 15) is 4.79 Å². The average molecular weight is 332 g/mol. The number of piperidine rings is 1. The minimum absolute atomic E-state index is 0.193. The summed E-state index contributed by atoms with van der Waals surface area (Å²) in [5, 5.41) is 8.80. The van der Waals surface area contributed by atoms with E-state index in [0.717, 1.165) is 51.8 Å². The predicted molar refractivity (Wildman–Crippen MR) is 89.7 cm³/mol. The number of carbonyl (C=O) groups is 1. The molecule has 1 aromatic rings. The molecule has 132 valence electrons. The predicted octanol–water partition coefficient (Wildman–Crippen LogP) is 2.67. The van der Waals surface area contributed by atoms with Gasteiger partial charge in [0.05, 0.1) is 11.7 Å². The van der Waals surface area contributed by atoms with Crippen molar-refractivity contribution in [2.24, 2.45) is 0 Å².